The molecule has 34 heavy (non-hydrogen) atoms. The molecular formula is C24H22ClN5O3S. The highest BCUT2D eigenvalue weighted by Gasteiger charge is 2.23. The second-order valence-electron chi connectivity index (χ2n) is 7.99. The Labute approximate surface area is 205 Å². The van der Waals surface area contributed by atoms with Gasteiger partial charge in [-0.2, -0.15) is 9.61 Å². The Kier molecular flexibility index (Phi) is 6.32. The number of fused-ring (bicyclic) bond motifs is 1. The van der Waals surface area contributed by atoms with E-state index < -0.39 is 0 Å². The number of piperazine rings is 1. The first-order chi connectivity index (χ1) is 16.5. The van der Waals surface area contributed by atoms with E-state index in [1.54, 1.807) is 31.4 Å². The highest BCUT2D eigenvalue weighted by atomic mass is 35.5. The molecule has 1 saturated heterocycles. The molecule has 1 aliphatic rings. The van der Waals surface area contributed by atoms with E-state index in [1.165, 1.54) is 21.9 Å². The number of methoxy groups -OCH3 is 1. The number of nitrogens with zero attached hydrogens (tertiary/aromatic N) is 5. The van der Waals surface area contributed by atoms with E-state index in [0.29, 0.717) is 54.0 Å². The molecule has 4 aromatic rings. The summed E-state index contributed by atoms with van der Waals surface area (Å²) in [6.07, 6.45) is 0. The maximum atomic E-state index is 12.7. The number of hydrogen-bond acceptors (Lipinski definition) is 7. The molecule has 5 rings (SSSR count). The van der Waals surface area contributed by atoms with Gasteiger partial charge in [0.2, 0.25) is 4.96 Å². The Bertz CT molecular complexity index is 1390. The molecule has 1 amide bonds. The van der Waals surface area contributed by atoms with Gasteiger partial charge in [-0.25, -0.2) is 4.98 Å². The van der Waals surface area contributed by atoms with Crippen LogP contribution >= 0.6 is 22.9 Å². The van der Waals surface area contributed by atoms with Gasteiger partial charge in [-0.3, -0.25) is 14.5 Å². The molecule has 0 aliphatic carbocycles. The van der Waals surface area contributed by atoms with Crippen LogP contribution in [0.3, 0.4) is 0 Å². The summed E-state index contributed by atoms with van der Waals surface area (Å²) in [6.45, 7) is 3.16. The summed E-state index contributed by atoms with van der Waals surface area (Å²) in [6, 6.07) is 16.1. The molecule has 10 heteroatoms. The number of ether oxygens (including phenoxy) is 1. The van der Waals surface area contributed by atoms with Crippen LogP contribution in [0.25, 0.3) is 15.5 Å². The minimum absolute atomic E-state index is 0.0179. The van der Waals surface area contributed by atoms with Gasteiger partial charge in [0.15, 0.2) is 0 Å². The van der Waals surface area contributed by atoms with Gasteiger partial charge < -0.3 is 9.64 Å². The molecule has 0 spiro atoms. The standard InChI is InChI=1S/C24H22ClN5O3S/c1-33-20-7-5-16(6-8-20)22-27-30-21(31)14-19(26-24(30)34-22)15-28-9-11-29(12-10-28)23(32)17-3-2-4-18(25)13-17/h2-8,13-14H,9-12,15H2,1H3. The number of amides is 1. The Morgan fingerprint density at radius 2 is 1.85 bits per heavy atom. The zero-order chi connectivity index (χ0) is 23.7. The lowest BCUT2D eigenvalue weighted by Gasteiger charge is -2.34. The second kappa shape index (κ2) is 9.54. The highest BCUT2D eigenvalue weighted by Crippen LogP contribution is 2.26. The lowest BCUT2D eigenvalue weighted by atomic mass is 10.2. The predicted molar refractivity (Wildman–Crippen MR) is 132 cm³/mol. The average Bonchev–Trinajstić information content (AvgIpc) is 3.29. The molecule has 2 aromatic heterocycles. The van der Waals surface area contributed by atoms with Crippen LogP contribution in [0, 0.1) is 0 Å². The van der Waals surface area contributed by atoms with E-state index in [2.05, 4.69) is 15.0 Å². The number of rotatable bonds is 5. The molecule has 1 fully saturated rings. The number of aromatic nitrogens is 3. The van der Waals surface area contributed by atoms with E-state index in [4.69, 9.17) is 16.3 Å². The molecule has 0 atom stereocenters. The number of halogens is 1. The summed E-state index contributed by atoms with van der Waals surface area (Å²) in [5.41, 5.74) is 1.99. The Balaban J connectivity index is 1.27. The molecule has 0 unspecified atom stereocenters. The molecule has 2 aromatic carbocycles. The van der Waals surface area contributed by atoms with Crippen molar-refractivity contribution in [3.63, 3.8) is 0 Å². The van der Waals surface area contributed by atoms with E-state index in [9.17, 15) is 9.59 Å². The minimum Gasteiger partial charge on any atom is -0.497 e. The first-order valence-corrected chi connectivity index (χ1v) is 12.0. The highest BCUT2D eigenvalue weighted by molar-refractivity contribution is 7.19. The van der Waals surface area contributed by atoms with Crippen molar-refractivity contribution in [2.24, 2.45) is 0 Å². The fourth-order valence-corrected chi connectivity index (χ4v) is 5.05. The first-order valence-electron chi connectivity index (χ1n) is 10.8. The fraction of sp³-hybridized carbons (Fsp3) is 0.250. The summed E-state index contributed by atoms with van der Waals surface area (Å²) in [7, 11) is 1.62. The van der Waals surface area contributed by atoms with Crippen molar-refractivity contribution < 1.29 is 9.53 Å². The van der Waals surface area contributed by atoms with Crippen LogP contribution in [0.1, 0.15) is 16.1 Å². The summed E-state index contributed by atoms with van der Waals surface area (Å²) < 4.78 is 6.54. The summed E-state index contributed by atoms with van der Waals surface area (Å²) >= 11 is 7.40. The normalized spacial score (nSPS) is 14.5. The van der Waals surface area contributed by atoms with Gasteiger partial charge in [0.25, 0.3) is 11.5 Å². The second-order valence-corrected chi connectivity index (χ2v) is 9.39. The van der Waals surface area contributed by atoms with Gasteiger partial charge in [-0.15, -0.1) is 0 Å². The van der Waals surface area contributed by atoms with Gasteiger partial charge in [-0.05, 0) is 42.5 Å². The third kappa shape index (κ3) is 4.68. The summed E-state index contributed by atoms with van der Waals surface area (Å²) in [5.74, 6) is 0.743. The molecule has 0 N–H and O–H groups in total. The van der Waals surface area contributed by atoms with Crippen molar-refractivity contribution in [2.45, 2.75) is 6.54 Å². The molecule has 174 valence electrons. The Morgan fingerprint density at radius 1 is 1.09 bits per heavy atom. The minimum atomic E-state index is -0.203. The lowest BCUT2D eigenvalue weighted by Crippen LogP contribution is -2.48. The Hall–Kier alpha value is -3.27. The van der Waals surface area contributed by atoms with Crippen LogP contribution in [-0.4, -0.2) is 63.6 Å². The van der Waals surface area contributed by atoms with Gasteiger partial charge in [-0.1, -0.05) is 29.0 Å². The molecule has 0 radical (unpaired) electrons. The van der Waals surface area contributed by atoms with Crippen LogP contribution in [0.5, 0.6) is 5.75 Å². The largest absolute Gasteiger partial charge is 0.497 e. The summed E-state index contributed by atoms with van der Waals surface area (Å²) in [5, 5.41) is 5.71. The average molecular weight is 496 g/mol. The fourth-order valence-electron chi connectivity index (χ4n) is 3.93. The van der Waals surface area contributed by atoms with Crippen molar-refractivity contribution >= 4 is 33.8 Å². The molecule has 1 aliphatic heterocycles. The SMILES string of the molecule is COc1ccc(-c2nn3c(=O)cc(CN4CCN(C(=O)c5cccc(Cl)c5)CC4)nc3s2)cc1. The van der Waals surface area contributed by atoms with Gasteiger partial charge in [0, 0.05) is 54.9 Å². The van der Waals surface area contributed by atoms with Crippen molar-refractivity contribution in [3.8, 4) is 16.3 Å². The molecule has 8 nitrogen and oxygen atoms in total. The number of hydrogen-bond donors (Lipinski definition) is 0. The van der Waals surface area contributed by atoms with E-state index in [0.717, 1.165) is 16.3 Å². The Morgan fingerprint density at radius 3 is 2.56 bits per heavy atom. The van der Waals surface area contributed by atoms with Crippen molar-refractivity contribution in [2.75, 3.05) is 33.3 Å². The van der Waals surface area contributed by atoms with E-state index >= 15 is 0 Å². The number of benzene rings is 2. The molecule has 0 saturated carbocycles. The van der Waals surface area contributed by atoms with Crippen LogP contribution in [-0.2, 0) is 6.54 Å². The monoisotopic (exact) mass is 495 g/mol. The molecule has 3 heterocycles. The first kappa shape index (κ1) is 22.5. The summed E-state index contributed by atoms with van der Waals surface area (Å²) in [4.78, 5) is 34.7. The zero-order valence-electron chi connectivity index (χ0n) is 18.5. The lowest BCUT2D eigenvalue weighted by molar-refractivity contribution is 0.0627. The van der Waals surface area contributed by atoms with Crippen molar-refractivity contribution in [1.29, 1.82) is 0 Å². The van der Waals surface area contributed by atoms with E-state index in [-0.39, 0.29) is 11.5 Å². The maximum Gasteiger partial charge on any atom is 0.275 e. The van der Waals surface area contributed by atoms with E-state index in [1.807, 2.05) is 29.2 Å². The van der Waals surface area contributed by atoms with Crippen LogP contribution in [0.2, 0.25) is 5.02 Å². The third-order valence-electron chi connectivity index (χ3n) is 5.75. The van der Waals surface area contributed by atoms with Crippen LogP contribution in [0.4, 0.5) is 0 Å². The number of carbonyl (C=O) groups is 1. The van der Waals surface area contributed by atoms with Gasteiger partial charge in [0.1, 0.15) is 10.8 Å². The topological polar surface area (TPSA) is 80.0 Å². The maximum absolute atomic E-state index is 12.7. The quantitative estimate of drug-likeness (QED) is 0.422. The predicted octanol–water partition coefficient (Wildman–Crippen LogP) is 3.44. The molecular weight excluding hydrogens is 474 g/mol. The van der Waals surface area contributed by atoms with Crippen molar-refractivity contribution in [3.05, 3.63) is 81.2 Å². The number of carbonyl (C=O) groups excluding carboxylic acids is 1. The zero-order valence-corrected chi connectivity index (χ0v) is 20.1. The van der Waals surface area contributed by atoms with Gasteiger partial charge >= 0.3 is 0 Å². The van der Waals surface area contributed by atoms with Gasteiger partial charge in [0.05, 0.1) is 12.8 Å². The van der Waals surface area contributed by atoms with Crippen LogP contribution < -0.4 is 10.3 Å². The third-order valence-corrected chi connectivity index (χ3v) is 6.94. The van der Waals surface area contributed by atoms with Crippen LogP contribution in [0.15, 0.2) is 59.4 Å². The molecule has 0 bridgehead atoms. The smallest absolute Gasteiger partial charge is 0.275 e. The van der Waals surface area contributed by atoms with Crippen molar-refractivity contribution in [1.82, 2.24) is 24.4 Å².